The minimum absolute atomic E-state index is 0.638. The first kappa shape index (κ1) is 12.3. The van der Waals surface area contributed by atoms with Gasteiger partial charge in [-0.3, -0.25) is 0 Å². The van der Waals surface area contributed by atoms with Gasteiger partial charge in [-0.05, 0) is 24.3 Å². The summed E-state index contributed by atoms with van der Waals surface area (Å²) < 4.78 is 5.32. The summed E-state index contributed by atoms with van der Waals surface area (Å²) in [5.74, 6) is 1.58. The number of para-hydroxylation sites is 1. The zero-order chi connectivity index (χ0) is 13.9. The molecule has 0 aliphatic rings. The number of aromatic nitrogens is 2. The van der Waals surface area contributed by atoms with Gasteiger partial charge in [-0.15, -0.1) is 0 Å². The maximum absolute atomic E-state index is 5.75. The lowest BCUT2D eigenvalue weighted by Gasteiger charge is -2.08. The van der Waals surface area contributed by atoms with Crippen molar-refractivity contribution in [3.8, 4) is 5.75 Å². The lowest BCUT2D eigenvalue weighted by Crippen LogP contribution is -2.02. The first-order valence-electron chi connectivity index (χ1n) is 6.37. The molecule has 5 nitrogen and oxygen atoms in total. The van der Waals surface area contributed by atoms with E-state index in [1.54, 1.807) is 7.11 Å². The number of aromatic amines is 1. The average molecular weight is 268 g/mol. The molecule has 0 saturated carbocycles. The normalized spacial score (nSPS) is 10.7. The molecule has 2 aromatic carbocycles. The summed E-state index contributed by atoms with van der Waals surface area (Å²) in [5, 5.41) is 3.26. The number of rotatable bonds is 4. The Balaban J connectivity index is 1.79. The third-order valence-corrected chi connectivity index (χ3v) is 3.14. The highest BCUT2D eigenvalue weighted by molar-refractivity contribution is 5.80. The Labute approximate surface area is 116 Å². The number of fused-ring (bicyclic) bond motifs is 1. The maximum atomic E-state index is 5.75. The van der Waals surface area contributed by atoms with Crippen molar-refractivity contribution < 1.29 is 4.74 Å². The summed E-state index contributed by atoms with van der Waals surface area (Å²) in [7, 11) is 1.67. The fraction of sp³-hybridized carbons (Fsp3) is 0.133. The number of nitrogen functional groups attached to an aromatic ring is 1. The zero-order valence-electron chi connectivity index (χ0n) is 11.2. The van der Waals surface area contributed by atoms with E-state index in [1.165, 1.54) is 0 Å². The molecule has 0 radical (unpaired) electrons. The Morgan fingerprint density at radius 3 is 2.95 bits per heavy atom. The molecule has 5 heteroatoms. The summed E-state index contributed by atoms with van der Waals surface area (Å²) in [5.41, 5.74) is 9.36. The Hall–Kier alpha value is -2.69. The highest BCUT2D eigenvalue weighted by atomic mass is 16.5. The molecule has 0 fully saturated rings. The van der Waals surface area contributed by atoms with Gasteiger partial charge in [0.2, 0.25) is 5.95 Å². The fourth-order valence-electron chi connectivity index (χ4n) is 2.14. The molecule has 0 atom stereocenters. The molecule has 3 aromatic rings. The van der Waals surface area contributed by atoms with E-state index in [1.807, 2.05) is 42.5 Å². The molecule has 0 amide bonds. The van der Waals surface area contributed by atoms with Gasteiger partial charge in [0.1, 0.15) is 5.75 Å². The number of imidazole rings is 1. The SMILES string of the molecule is COc1ccccc1CNc1nc2ccc(N)cc2[nH]1. The largest absolute Gasteiger partial charge is 0.496 e. The van der Waals surface area contributed by atoms with E-state index in [9.17, 15) is 0 Å². The molecule has 1 aromatic heterocycles. The van der Waals surface area contributed by atoms with Gasteiger partial charge in [0, 0.05) is 17.8 Å². The molecule has 0 spiro atoms. The highest BCUT2D eigenvalue weighted by Crippen LogP contribution is 2.20. The van der Waals surface area contributed by atoms with Crippen LogP contribution in [0.3, 0.4) is 0 Å². The number of ether oxygens (including phenoxy) is 1. The van der Waals surface area contributed by atoms with Gasteiger partial charge in [0.25, 0.3) is 0 Å². The highest BCUT2D eigenvalue weighted by Gasteiger charge is 2.05. The first-order valence-corrected chi connectivity index (χ1v) is 6.37. The Kier molecular flexibility index (Phi) is 3.16. The minimum Gasteiger partial charge on any atom is -0.496 e. The number of H-pyrrole nitrogens is 1. The van der Waals surface area contributed by atoms with Crippen molar-refractivity contribution in [1.29, 1.82) is 0 Å². The predicted molar refractivity (Wildman–Crippen MR) is 80.8 cm³/mol. The molecule has 102 valence electrons. The molecule has 0 aliphatic heterocycles. The molecule has 20 heavy (non-hydrogen) atoms. The molecular weight excluding hydrogens is 252 g/mol. The van der Waals surface area contributed by atoms with Crippen LogP contribution in [0, 0.1) is 0 Å². The fourth-order valence-corrected chi connectivity index (χ4v) is 2.14. The van der Waals surface area contributed by atoms with Crippen LogP contribution in [-0.4, -0.2) is 17.1 Å². The van der Waals surface area contributed by atoms with E-state index in [-0.39, 0.29) is 0 Å². The summed E-state index contributed by atoms with van der Waals surface area (Å²) >= 11 is 0. The van der Waals surface area contributed by atoms with Crippen molar-refractivity contribution in [2.24, 2.45) is 0 Å². The third kappa shape index (κ3) is 2.38. The monoisotopic (exact) mass is 268 g/mol. The van der Waals surface area contributed by atoms with Crippen molar-refractivity contribution in [3.05, 3.63) is 48.0 Å². The first-order chi connectivity index (χ1) is 9.76. The zero-order valence-corrected chi connectivity index (χ0v) is 11.2. The lowest BCUT2D eigenvalue weighted by atomic mass is 10.2. The molecule has 3 rings (SSSR count). The van der Waals surface area contributed by atoms with Crippen LogP contribution >= 0.6 is 0 Å². The topological polar surface area (TPSA) is 76.0 Å². The number of benzene rings is 2. The van der Waals surface area contributed by atoms with Crippen LogP contribution in [-0.2, 0) is 6.54 Å². The molecule has 0 unspecified atom stereocenters. The van der Waals surface area contributed by atoms with E-state index in [4.69, 9.17) is 10.5 Å². The van der Waals surface area contributed by atoms with Crippen LogP contribution in [0.25, 0.3) is 11.0 Å². The lowest BCUT2D eigenvalue weighted by molar-refractivity contribution is 0.410. The summed E-state index contributed by atoms with van der Waals surface area (Å²) in [6.07, 6.45) is 0. The van der Waals surface area contributed by atoms with Gasteiger partial charge >= 0.3 is 0 Å². The van der Waals surface area contributed by atoms with E-state index in [0.29, 0.717) is 6.54 Å². The van der Waals surface area contributed by atoms with E-state index < -0.39 is 0 Å². The molecule has 0 bridgehead atoms. The Morgan fingerprint density at radius 2 is 2.10 bits per heavy atom. The number of anilines is 2. The van der Waals surface area contributed by atoms with Crippen molar-refractivity contribution in [3.63, 3.8) is 0 Å². The Morgan fingerprint density at radius 1 is 1.25 bits per heavy atom. The molecular formula is C15H16N4O. The average Bonchev–Trinajstić information content (AvgIpc) is 2.87. The van der Waals surface area contributed by atoms with Gasteiger partial charge in [-0.1, -0.05) is 18.2 Å². The van der Waals surface area contributed by atoms with Crippen molar-refractivity contribution in [2.45, 2.75) is 6.54 Å². The van der Waals surface area contributed by atoms with Gasteiger partial charge in [-0.25, -0.2) is 4.98 Å². The van der Waals surface area contributed by atoms with Crippen LogP contribution in [0.15, 0.2) is 42.5 Å². The molecule has 0 saturated heterocycles. The second kappa shape index (κ2) is 5.13. The number of nitrogens with two attached hydrogens (primary N) is 1. The minimum atomic E-state index is 0.638. The Bertz CT molecular complexity index is 736. The summed E-state index contributed by atoms with van der Waals surface area (Å²) in [4.78, 5) is 7.66. The van der Waals surface area contributed by atoms with Crippen molar-refractivity contribution in [2.75, 3.05) is 18.2 Å². The van der Waals surface area contributed by atoms with Crippen LogP contribution < -0.4 is 15.8 Å². The predicted octanol–water partition coefficient (Wildman–Crippen LogP) is 2.77. The van der Waals surface area contributed by atoms with Gasteiger partial charge in [-0.2, -0.15) is 0 Å². The summed E-state index contributed by atoms with van der Waals surface area (Å²) in [6.45, 7) is 0.638. The van der Waals surface area contributed by atoms with E-state index in [2.05, 4.69) is 15.3 Å². The van der Waals surface area contributed by atoms with Crippen LogP contribution in [0.5, 0.6) is 5.75 Å². The van der Waals surface area contributed by atoms with Crippen molar-refractivity contribution in [1.82, 2.24) is 9.97 Å². The van der Waals surface area contributed by atoms with Gasteiger partial charge < -0.3 is 20.8 Å². The van der Waals surface area contributed by atoms with E-state index >= 15 is 0 Å². The number of nitrogens with zero attached hydrogens (tertiary/aromatic N) is 1. The number of nitrogens with one attached hydrogen (secondary N) is 2. The summed E-state index contributed by atoms with van der Waals surface area (Å²) in [6, 6.07) is 13.5. The second-order valence-electron chi connectivity index (χ2n) is 4.53. The van der Waals surface area contributed by atoms with Gasteiger partial charge in [0.05, 0.1) is 18.1 Å². The molecule has 0 aliphatic carbocycles. The van der Waals surface area contributed by atoms with Crippen LogP contribution in [0.2, 0.25) is 0 Å². The second-order valence-corrected chi connectivity index (χ2v) is 4.53. The third-order valence-electron chi connectivity index (χ3n) is 3.14. The number of hydrogen-bond donors (Lipinski definition) is 3. The van der Waals surface area contributed by atoms with Crippen LogP contribution in [0.1, 0.15) is 5.56 Å². The number of hydrogen-bond acceptors (Lipinski definition) is 4. The molecule has 1 heterocycles. The number of methoxy groups -OCH3 is 1. The quantitative estimate of drug-likeness (QED) is 0.636. The van der Waals surface area contributed by atoms with Gasteiger partial charge in [0.15, 0.2) is 0 Å². The maximum Gasteiger partial charge on any atom is 0.201 e. The molecule has 4 N–H and O–H groups in total. The van der Waals surface area contributed by atoms with Crippen molar-refractivity contribution >= 4 is 22.7 Å². The van der Waals surface area contributed by atoms with Crippen LogP contribution in [0.4, 0.5) is 11.6 Å². The standard InChI is InChI=1S/C15H16N4O/c1-20-14-5-3-2-4-10(14)9-17-15-18-12-7-6-11(16)8-13(12)19-15/h2-8H,9,16H2,1H3,(H2,17,18,19). The smallest absolute Gasteiger partial charge is 0.201 e. The van der Waals surface area contributed by atoms with E-state index in [0.717, 1.165) is 34.0 Å².